The van der Waals surface area contributed by atoms with Gasteiger partial charge in [0.25, 0.3) is 5.91 Å². The van der Waals surface area contributed by atoms with E-state index in [2.05, 4.69) is 5.32 Å². The fraction of sp³-hybridized carbons (Fsp3) is 0.462. The zero-order valence-electron chi connectivity index (χ0n) is 22.5. The number of benzene rings is 2. The quantitative estimate of drug-likeness (QED) is 0.321. The van der Waals surface area contributed by atoms with Crippen molar-refractivity contribution in [2.45, 2.75) is 62.2 Å². The molecular weight excluding hydrogens is 580 g/mol. The number of amides is 2. The Morgan fingerprint density at radius 3 is 2.10 bits per heavy atom. The summed E-state index contributed by atoms with van der Waals surface area (Å²) < 4.78 is 113. The standard InChI is InChI=1S/C26H29F6N3O5S/c1-15(2)40-12-11-33-24(25(27,28)29,26(30,31)32)18-5-7-19(8-6-18)34-23(37)22-21-10-9-20(41(4,38)39)13-17(21)14-35(22)16(3)36/h5-10,13,15,22,33H,11-12,14H2,1-4H3,(H,34,37). The highest BCUT2D eigenvalue weighted by Gasteiger charge is 2.71. The van der Waals surface area contributed by atoms with E-state index in [-0.39, 0.29) is 17.1 Å². The van der Waals surface area contributed by atoms with Crippen LogP contribution >= 0.6 is 0 Å². The Hall–Kier alpha value is -3.17. The molecule has 1 atom stereocenters. The topological polar surface area (TPSA) is 105 Å². The molecule has 15 heteroatoms. The highest BCUT2D eigenvalue weighted by atomic mass is 32.2. The van der Waals surface area contributed by atoms with Gasteiger partial charge in [0, 0.05) is 32.0 Å². The van der Waals surface area contributed by atoms with E-state index in [1.54, 1.807) is 19.2 Å². The number of rotatable bonds is 9. The van der Waals surface area contributed by atoms with Crippen molar-refractivity contribution in [2.75, 3.05) is 24.7 Å². The van der Waals surface area contributed by atoms with Crippen LogP contribution in [0.25, 0.3) is 0 Å². The maximum Gasteiger partial charge on any atom is 0.419 e. The van der Waals surface area contributed by atoms with E-state index in [4.69, 9.17) is 4.74 Å². The second-order valence-corrected chi connectivity index (χ2v) is 11.9. The minimum atomic E-state index is -5.78. The Morgan fingerprint density at radius 1 is 1.02 bits per heavy atom. The number of anilines is 1. The first-order chi connectivity index (χ1) is 18.8. The van der Waals surface area contributed by atoms with Crippen LogP contribution in [0.1, 0.15) is 43.5 Å². The van der Waals surface area contributed by atoms with Crippen LogP contribution < -0.4 is 10.6 Å². The van der Waals surface area contributed by atoms with Crippen molar-refractivity contribution in [1.29, 1.82) is 0 Å². The smallest absolute Gasteiger partial charge is 0.377 e. The van der Waals surface area contributed by atoms with Gasteiger partial charge in [0.1, 0.15) is 6.04 Å². The minimum Gasteiger partial charge on any atom is -0.377 e. The highest BCUT2D eigenvalue weighted by Crippen LogP contribution is 2.50. The number of nitrogens with zero attached hydrogens (tertiary/aromatic N) is 1. The second-order valence-electron chi connectivity index (χ2n) is 9.84. The number of hydrogen-bond donors (Lipinski definition) is 2. The van der Waals surface area contributed by atoms with Crippen LogP contribution in [0.4, 0.5) is 32.0 Å². The van der Waals surface area contributed by atoms with Gasteiger partial charge < -0.3 is 15.0 Å². The summed E-state index contributed by atoms with van der Waals surface area (Å²) in [6, 6.07) is 5.81. The molecule has 2 aromatic rings. The third-order valence-corrected chi connectivity index (χ3v) is 7.63. The zero-order valence-corrected chi connectivity index (χ0v) is 23.3. The number of ether oxygens (including phenoxy) is 1. The molecule has 3 rings (SSSR count). The van der Waals surface area contributed by atoms with Crippen molar-refractivity contribution in [1.82, 2.24) is 10.2 Å². The first kappa shape index (κ1) is 32.3. The molecule has 0 aromatic heterocycles. The molecule has 2 aromatic carbocycles. The molecule has 0 saturated heterocycles. The van der Waals surface area contributed by atoms with E-state index in [0.717, 1.165) is 18.4 Å². The fourth-order valence-electron chi connectivity index (χ4n) is 4.57. The summed E-state index contributed by atoms with van der Waals surface area (Å²) in [5, 5.41) is 4.01. The van der Waals surface area contributed by atoms with Crippen molar-refractivity contribution in [3.05, 3.63) is 59.2 Å². The molecule has 0 spiro atoms. The summed E-state index contributed by atoms with van der Waals surface area (Å²) in [7, 11) is -3.57. The maximum absolute atomic E-state index is 14.1. The van der Waals surface area contributed by atoms with Crippen LogP contribution in [0.5, 0.6) is 0 Å². The fourth-order valence-corrected chi connectivity index (χ4v) is 5.24. The normalized spacial score (nSPS) is 16.2. The van der Waals surface area contributed by atoms with Crippen LogP contribution in [-0.4, -0.2) is 63.0 Å². The number of nitrogens with one attached hydrogen (secondary N) is 2. The van der Waals surface area contributed by atoms with E-state index < -0.39 is 70.4 Å². The third-order valence-electron chi connectivity index (χ3n) is 6.52. The summed E-state index contributed by atoms with van der Waals surface area (Å²) in [6.45, 7) is 3.14. The molecule has 226 valence electrons. The minimum absolute atomic E-state index is 0.0152. The molecule has 0 fully saturated rings. The largest absolute Gasteiger partial charge is 0.419 e. The van der Waals surface area contributed by atoms with E-state index in [9.17, 15) is 44.3 Å². The summed E-state index contributed by atoms with van der Waals surface area (Å²) >= 11 is 0. The SMILES string of the molecule is CC(=O)N1Cc2cc(S(C)(=O)=O)ccc2C1C(=O)Nc1ccc(C(NCCOC(C)C)(C(F)(F)F)C(F)(F)F)cc1. The lowest BCUT2D eigenvalue weighted by Gasteiger charge is -2.38. The van der Waals surface area contributed by atoms with E-state index in [0.29, 0.717) is 23.3 Å². The van der Waals surface area contributed by atoms with Gasteiger partial charge in [-0.1, -0.05) is 18.2 Å². The molecule has 41 heavy (non-hydrogen) atoms. The maximum atomic E-state index is 14.1. The zero-order chi connectivity index (χ0) is 31.0. The number of alkyl halides is 6. The van der Waals surface area contributed by atoms with Crippen LogP contribution in [-0.2, 0) is 36.2 Å². The molecule has 1 unspecified atom stereocenters. The van der Waals surface area contributed by atoms with Gasteiger partial charge in [-0.2, -0.15) is 26.3 Å². The van der Waals surface area contributed by atoms with Gasteiger partial charge in [0.05, 0.1) is 17.6 Å². The first-order valence-corrected chi connectivity index (χ1v) is 14.2. The molecule has 2 N–H and O–H groups in total. The van der Waals surface area contributed by atoms with E-state index in [1.807, 2.05) is 0 Å². The predicted octanol–water partition coefficient (Wildman–Crippen LogP) is 4.47. The van der Waals surface area contributed by atoms with Gasteiger partial charge in [-0.15, -0.1) is 0 Å². The molecule has 1 heterocycles. The average Bonchev–Trinajstić information content (AvgIpc) is 3.22. The monoisotopic (exact) mass is 609 g/mol. The van der Waals surface area contributed by atoms with Gasteiger partial charge in [-0.3, -0.25) is 14.9 Å². The van der Waals surface area contributed by atoms with Gasteiger partial charge >= 0.3 is 12.4 Å². The van der Waals surface area contributed by atoms with Gasteiger partial charge in [0.15, 0.2) is 9.84 Å². The van der Waals surface area contributed by atoms with Crippen LogP contribution in [0.2, 0.25) is 0 Å². The Kier molecular flexibility index (Phi) is 9.16. The lowest BCUT2D eigenvalue weighted by Crippen LogP contribution is -2.63. The molecule has 1 aliphatic heterocycles. The van der Waals surface area contributed by atoms with Gasteiger partial charge in [0.2, 0.25) is 11.4 Å². The van der Waals surface area contributed by atoms with Crippen molar-refractivity contribution in [3.63, 3.8) is 0 Å². The van der Waals surface area contributed by atoms with Gasteiger partial charge in [-0.25, -0.2) is 8.42 Å². The lowest BCUT2D eigenvalue weighted by atomic mass is 9.87. The summed E-state index contributed by atoms with van der Waals surface area (Å²) in [5.74, 6) is -1.30. The number of sulfone groups is 1. The first-order valence-electron chi connectivity index (χ1n) is 12.3. The predicted molar refractivity (Wildman–Crippen MR) is 136 cm³/mol. The molecular formula is C26H29F6N3O5S. The second kappa shape index (κ2) is 11.6. The van der Waals surface area contributed by atoms with Crippen molar-refractivity contribution < 1.29 is 49.1 Å². The van der Waals surface area contributed by atoms with E-state index >= 15 is 0 Å². The number of carbonyl (C=O) groups is 2. The van der Waals surface area contributed by atoms with Gasteiger partial charge in [-0.05, 0) is 54.8 Å². The van der Waals surface area contributed by atoms with Crippen LogP contribution in [0.15, 0.2) is 47.4 Å². The lowest BCUT2D eigenvalue weighted by molar-refractivity contribution is -0.314. The molecule has 0 bridgehead atoms. The number of carbonyl (C=O) groups excluding carboxylic acids is 2. The van der Waals surface area contributed by atoms with Crippen LogP contribution in [0.3, 0.4) is 0 Å². The molecule has 2 amide bonds. The number of halogens is 6. The Bertz CT molecular complexity index is 1380. The molecule has 0 radical (unpaired) electrons. The number of hydrogen-bond acceptors (Lipinski definition) is 6. The number of fused-ring (bicyclic) bond motifs is 1. The molecule has 1 aliphatic rings. The van der Waals surface area contributed by atoms with E-state index in [1.165, 1.54) is 30.0 Å². The Labute approximate surface area is 233 Å². The van der Waals surface area contributed by atoms with Crippen LogP contribution in [0, 0.1) is 0 Å². The Balaban J connectivity index is 1.91. The van der Waals surface area contributed by atoms with Crippen molar-refractivity contribution in [3.8, 4) is 0 Å². The summed E-state index contributed by atoms with van der Waals surface area (Å²) in [6.07, 6.45) is -11.0. The molecule has 0 saturated carbocycles. The third kappa shape index (κ3) is 6.67. The average molecular weight is 610 g/mol. The summed E-state index contributed by atoms with van der Waals surface area (Å²) in [4.78, 5) is 26.6. The highest BCUT2D eigenvalue weighted by molar-refractivity contribution is 7.90. The molecule has 8 nitrogen and oxygen atoms in total. The summed E-state index contributed by atoms with van der Waals surface area (Å²) in [5.41, 5.74) is -4.93. The Morgan fingerprint density at radius 2 is 1.61 bits per heavy atom. The van der Waals surface area contributed by atoms with Crippen molar-refractivity contribution in [2.24, 2.45) is 0 Å². The van der Waals surface area contributed by atoms with Crippen molar-refractivity contribution >= 4 is 27.3 Å². The molecule has 0 aliphatic carbocycles.